The fourth-order valence-corrected chi connectivity index (χ4v) is 4.30. The third kappa shape index (κ3) is 2.03. The highest BCUT2D eigenvalue weighted by Gasteiger charge is 2.57. The normalized spacial score (nSPS) is 31.5. The molecule has 20 heavy (non-hydrogen) atoms. The molecule has 2 N–H and O–H groups in total. The molecule has 0 radical (unpaired) electrons. The highest BCUT2D eigenvalue weighted by atomic mass is 32.2. The number of carbonyl (C=O) groups excluding carboxylic acids is 1. The summed E-state index contributed by atoms with van der Waals surface area (Å²) in [4.78, 5) is 25.2. The summed E-state index contributed by atoms with van der Waals surface area (Å²) in [5.74, 6) is -2.01. The van der Waals surface area contributed by atoms with Gasteiger partial charge in [0.2, 0.25) is 5.91 Å². The van der Waals surface area contributed by atoms with Gasteiger partial charge in [0.05, 0.1) is 25.2 Å². The molecule has 0 aromatic carbocycles. The quantitative estimate of drug-likeness (QED) is 0.703. The molecule has 2 fully saturated rings. The molecule has 3 rings (SSSR count). The molecular weight excluding hydrogens is 286 g/mol. The molecule has 3 aliphatic rings. The van der Waals surface area contributed by atoms with Crippen molar-refractivity contribution >= 4 is 23.6 Å². The van der Waals surface area contributed by atoms with Gasteiger partial charge in [-0.1, -0.05) is 0 Å². The Morgan fingerprint density at radius 2 is 2.15 bits per heavy atom. The monoisotopic (exact) mass is 301 g/mol. The number of hydrogen-bond donors (Lipinski definition) is 2. The zero-order chi connectivity index (χ0) is 14.4. The van der Waals surface area contributed by atoms with Crippen LogP contribution in [-0.4, -0.2) is 58.0 Å². The third-order valence-corrected chi connectivity index (χ3v) is 5.01. The molecule has 1 amide bonds. The van der Waals surface area contributed by atoms with Crippen molar-refractivity contribution in [3.8, 4) is 0 Å². The van der Waals surface area contributed by atoms with E-state index in [1.54, 1.807) is 6.92 Å². The Kier molecular flexibility index (Phi) is 3.49. The SMILES string of the molecule is C[C@@H](O)[C@H]1C(=O)N2C(C(=O)O)=C(CC3OCCO3)S[C@H]12. The third-order valence-electron chi connectivity index (χ3n) is 3.62. The number of nitrogens with zero attached hydrogens (tertiary/aromatic N) is 1. The summed E-state index contributed by atoms with van der Waals surface area (Å²) in [5, 5.41) is 18.6. The molecule has 0 aromatic rings. The second kappa shape index (κ2) is 5.03. The summed E-state index contributed by atoms with van der Waals surface area (Å²) in [7, 11) is 0. The van der Waals surface area contributed by atoms with Gasteiger partial charge in [0, 0.05) is 11.3 Å². The summed E-state index contributed by atoms with van der Waals surface area (Å²) >= 11 is 1.31. The standard InChI is InChI=1S/C12H15NO6S/c1-5(14)8-10(15)13-9(12(16)17)6(20-11(8)13)4-7-18-2-3-19-7/h5,7-8,11,14H,2-4H2,1H3,(H,16,17)/t5-,8+,11-/m1/s1. The first-order valence-electron chi connectivity index (χ1n) is 6.38. The lowest BCUT2D eigenvalue weighted by atomic mass is 9.92. The number of ether oxygens (including phenoxy) is 2. The van der Waals surface area contributed by atoms with Gasteiger partial charge in [-0.25, -0.2) is 4.79 Å². The first-order valence-corrected chi connectivity index (χ1v) is 7.26. The minimum absolute atomic E-state index is 0.000926. The predicted molar refractivity (Wildman–Crippen MR) is 68.4 cm³/mol. The Morgan fingerprint density at radius 3 is 2.70 bits per heavy atom. The molecule has 0 aromatic heterocycles. The number of thioether (sulfide) groups is 1. The van der Waals surface area contributed by atoms with Gasteiger partial charge in [0.1, 0.15) is 11.1 Å². The van der Waals surface area contributed by atoms with Crippen LogP contribution < -0.4 is 0 Å². The Morgan fingerprint density at radius 1 is 1.50 bits per heavy atom. The smallest absolute Gasteiger partial charge is 0.353 e. The lowest BCUT2D eigenvalue weighted by molar-refractivity contribution is -0.156. The number of aliphatic hydroxyl groups excluding tert-OH is 1. The number of carboxylic acids is 1. The zero-order valence-electron chi connectivity index (χ0n) is 10.8. The topological polar surface area (TPSA) is 96.3 Å². The van der Waals surface area contributed by atoms with Crippen molar-refractivity contribution in [1.82, 2.24) is 4.90 Å². The van der Waals surface area contributed by atoms with Crippen molar-refractivity contribution in [2.45, 2.75) is 31.1 Å². The van der Waals surface area contributed by atoms with Crippen LogP contribution in [0.1, 0.15) is 13.3 Å². The summed E-state index contributed by atoms with van der Waals surface area (Å²) in [5.41, 5.74) is 0.000926. The largest absolute Gasteiger partial charge is 0.477 e. The van der Waals surface area contributed by atoms with Crippen LogP contribution in [0.15, 0.2) is 10.6 Å². The van der Waals surface area contributed by atoms with Crippen LogP contribution in [-0.2, 0) is 19.1 Å². The van der Waals surface area contributed by atoms with Crippen molar-refractivity contribution in [3.63, 3.8) is 0 Å². The molecule has 2 saturated heterocycles. The summed E-state index contributed by atoms with van der Waals surface area (Å²) in [6, 6.07) is 0. The van der Waals surface area contributed by atoms with Gasteiger partial charge in [-0.3, -0.25) is 9.69 Å². The van der Waals surface area contributed by atoms with Crippen LogP contribution in [0.5, 0.6) is 0 Å². The van der Waals surface area contributed by atoms with Crippen LogP contribution >= 0.6 is 11.8 Å². The number of fused-ring (bicyclic) bond motifs is 1. The maximum Gasteiger partial charge on any atom is 0.353 e. The molecule has 0 spiro atoms. The fraction of sp³-hybridized carbons (Fsp3) is 0.667. The number of aliphatic carboxylic acids is 1. The van der Waals surface area contributed by atoms with E-state index in [1.807, 2.05) is 0 Å². The number of carboxylic acid groups (broad SMARTS) is 1. The molecule has 110 valence electrons. The molecule has 0 aliphatic carbocycles. The molecule has 0 saturated carbocycles. The van der Waals surface area contributed by atoms with E-state index >= 15 is 0 Å². The number of hydrogen-bond acceptors (Lipinski definition) is 6. The Hall–Kier alpha value is -1.09. The van der Waals surface area contributed by atoms with E-state index in [1.165, 1.54) is 16.7 Å². The van der Waals surface area contributed by atoms with Crippen molar-refractivity contribution in [1.29, 1.82) is 0 Å². The summed E-state index contributed by atoms with van der Waals surface area (Å²) in [6.45, 7) is 2.53. The number of amides is 1. The lowest BCUT2D eigenvalue weighted by Gasteiger charge is -2.43. The van der Waals surface area contributed by atoms with Gasteiger partial charge in [-0.2, -0.15) is 0 Å². The van der Waals surface area contributed by atoms with E-state index in [0.29, 0.717) is 24.5 Å². The van der Waals surface area contributed by atoms with Gasteiger partial charge in [-0.05, 0) is 6.92 Å². The summed E-state index contributed by atoms with van der Waals surface area (Å²) < 4.78 is 10.6. The van der Waals surface area contributed by atoms with Gasteiger partial charge in [-0.15, -0.1) is 11.8 Å². The van der Waals surface area contributed by atoms with Crippen molar-refractivity contribution in [2.75, 3.05) is 13.2 Å². The minimum Gasteiger partial charge on any atom is -0.477 e. The molecule has 3 heterocycles. The number of rotatable bonds is 4. The predicted octanol–water partition coefficient (Wildman–Crippen LogP) is -0.0423. The number of β-lactam (4-membered cyclic amide) rings is 1. The van der Waals surface area contributed by atoms with Crippen molar-refractivity contribution < 1.29 is 29.3 Å². The van der Waals surface area contributed by atoms with Crippen LogP contribution in [0.3, 0.4) is 0 Å². The van der Waals surface area contributed by atoms with Crippen LogP contribution in [0.4, 0.5) is 0 Å². The number of carbonyl (C=O) groups is 2. The minimum atomic E-state index is -1.13. The molecule has 8 heteroatoms. The average molecular weight is 301 g/mol. The highest BCUT2D eigenvalue weighted by Crippen LogP contribution is 2.51. The van der Waals surface area contributed by atoms with E-state index < -0.39 is 24.3 Å². The first-order chi connectivity index (χ1) is 9.50. The second-order valence-corrected chi connectivity index (χ2v) is 6.15. The van der Waals surface area contributed by atoms with E-state index in [4.69, 9.17) is 9.47 Å². The zero-order valence-corrected chi connectivity index (χ0v) is 11.6. The first kappa shape index (κ1) is 13.9. The maximum absolute atomic E-state index is 12.0. The second-order valence-electron chi connectivity index (χ2n) is 4.94. The van der Waals surface area contributed by atoms with E-state index in [-0.39, 0.29) is 17.0 Å². The Labute approximate surface area is 119 Å². The molecule has 3 atom stereocenters. The van der Waals surface area contributed by atoms with Crippen LogP contribution in [0, 0.1) is 5.92 Å². The molecular formula is C12H15NO6S. The maximum atomic E-state index is 12.0. The van der Waals surface area contributed by atoms with Gasteiger partial charge in [0.15, 0.2) is 6.29 Å². The Balaban J connectivity index is 1.81. The van der Waals surface area contributed by atoms with E-state index in [2.05, 4.69) is 0 Å². The van der Waals surface area contributed by atoms with Gasteiger partial charge < -0.3 is 19.7 Å². The average Bonchev–Trinajstić information content (AvgIpc) is 2.95. The fourth-order valence-electron chi connectivity index (χ4n) is 2.67. The van der Waals surface area contributed by atoms with E-state index in [9.17, 15) is 19.8 Å². The molecule has 3 aliphatic heterocycles. The van der Waals surface area contributed by atoms with Crippen LogP contribution in [0.2, 0.25) is 0 Å². The van der Waals surface area contributed by atoms with Gasteiger partial charge >= 0.3 is 5.97 Å². The molecule has 7 nitrogen and oxygen atoms in total. The Bertz CT molecular complexity index is 484. The lowest BCUT2D eigenvalue weighted by Crippen LogP contribution is -2.60. The highest BCUT2D eigenvalue weighted by molar-refractivity contribution is 8.04. The van der Waals surface area contributed by atoms with Crippen LogP contribution in [0.25, 0.3) is 0 Å². The van der Waals surface area contributed by atoms with Crippen molar-refractivity contribution in [3.05, 3.63) is 10.6 Å². The summed E-state index contributed by atoms with van der Waals surface area (Å²) in [6.07, 6.45) is -0.922. The van der Waals surface area contributed by atoms with Crippen molar-refractivity contribution in [2.24, 2.45) is 5.92 Å². The number of aliphatic hydroxyl groups is 1. The molecule has 0 unspecified atom stereocenters. The van der Waals surface area contributed by atoms with Gasteiger partial charge in [0.25, 0.3) is 0 Å². The van der Waals surface area contributed by atoms with E-state index in [0.717, 1.165) is 0 Å². The molecule has 0 bridgehead atoms.